The molecule has 6 heteroatoms. The summed E-state index contributed by atoms with van der Waals surface area (Å²) < 4.78 is 7.39. The number of nitrogens with zero attached hydrogens (tertiary/aromatic N) is 3. The number of hydrogen-bond donors (Lipinski definition) is 1. The summed E-state index contributed by atoms with van der Waals surface area (Å²) in [6, 6.07) is 10.1. The van der Waals surface area contributed by atoms with Crippen LogP contribution in [0, 0.1) is 0 Å². The standard InChI is InChI=1S/C20H28N4O2/c1-20(2,3)26-19(25)23-11-4-5-16(14-23)18-10-12-24(22-18)17-8-6-15(13-21)7-9-17/h6-10,12,16H,4-5,11,13-14,21H2,1-3H3. The van der Waals surface area contributed by atoms with Crippen LogP contribution in [0.25, 0.3) is 5.69 Å². The van der Waals surface area contributed by atoms with E-state index < -0.39 is 5.60 Å². The van der Waals surface area contributed by atoms with Crippen LogP contribution in [0.2, 0.25) is 0 Å². The number of benzene rings is 1. The van der Waals surface area contributed by atoms with E-state index in [9.17, 15) is 4.79 Å². The average Bonchev–Trinajstić information content (AvgIpc) is 3.10. The highest BCUT2D eigenvalue weighted by Gasteiger charge is 2.29. The van der Waals surface area contributed by atoms with Crippen molar-refractivity contribution in [1.29, 1.82) is 0 Å². The lowest BCUT2D eigenvalue weighted by molar-refractivity contribution is 0.0197. The van der Waals surface area contributed by atoms with Crippen LogP contribution in [0.3, 0.4) is 0 Å². The lowest BCUT2D eigenvalue weighted by atomic mass is 9.95. The molecule has 0 spiro atoms. The Morgan fingerprint density at radius 2 is 2.00 bits per heavy atom. The van der Waals surface area contributed by atoms with Gasteiger partial charge in [-0.15, -0.1) is 0 Å². The lowest BCUT2D eigenvalue weighted by Crippen LogP contribution is -2.42. The first kappa shape index (κ1) is 18.5. The number of piperidine rings is 1. The molecule has 0 bridgehead atoms. The summed E-state index contributed by atoms with van der Waals surface area (Å²) in [5.74, 6) is 0.237. The zero-order valence-corrected chi connectivity index (χ0v) is 15.8. The molecule has 1 unspecified atom stereocenters. The first-order valence-electron chi connectivity index (χ1n) is 9.18. The Bertz CT molecular complexity index is 746. The van der Waals surface area contributed by atoms with E-state index in [0.717, 1.165) is 36.3 Å². The smallest absolute Gasteiger partial charge is 0.410 e. The molecular formula is C20H28N4O2. The first-order chi connectivity index (χ1) is 12.4. The molecule has 1 aliphatic rings. The molecule has 1 aromatic heterocycles. The van der Waals surface area contributed by atoms with Gasteiger partial charge < -0.3 is 15.4 Å². The van der Waals surface area contributed by atoms with Gasteiger partial charge in [-0.2, -0.15) is 5.10 Å². The maximum absolute atomic E-state index is 12.3. The summed E-state index contributed by atoms with van der Waals surface area (Å²) in [5.41, 5.74) is 8.30. The van der Waals surface area contributed by atoms with Crippen molar-refractivity contribution in [2.75, 3.05) is 13.1 Å². The molecule has 0 radical (unpaired) electrons. The number of carbonyl (C=O) groups excluding carboxylic acids is 1. The van der Waals surface area contributed by atoms with Gasteiger partial charge in [0.05, 0.1) is 11.4 Å². The van der Waals surface area contributed by atoms with Gasteiger partial charge in [-0.05, 0) is 57.4 Å². The monoisotopic (exact) mass is 356 g/mol. The molecule has 6 nitrogen and oxygen atoms in total. The Morgan fingerprint density at radius 3 is 2.65 bits per heavy atom. The maximum atomic E-state index is 12.3. The van der Waals surface area contributed by atoms with Gasteiger partial charge in [0.2, 0.25) is 0 Å². The SMILES string of the molecule is CC(C)(C)OC(=O)N1CCCC(c2ccn(-c3ccc(CN)cc3)n2)C1. The summed E-state index contributed by atoms with van der Waals surface area (Å²) in [4.78, 5) is 14.1. The summed E-state index contributed by atoms with van der Waals surface area (Å²) in [5, 5.41) is 4.73. The number of nitrogens with two attached hydrogens (primary N) is 1. The highest BCUT2D eigenvalue weighted by molar-refractivity contribution is 5.68. The van der Waals surface area contributed by atoms with E-state index in [0.29, 0.717) is 13.1 Å². The van der Waals surface area contributed by atoms with Crippen molar-refractivity contribution in [2.24, 2.45) is 5.73 Å². The summed E-state index contributed by atoms with van der Waals surface area (Å²) in [6.45, 7) is 7.61. The average molecular weight is 356 g/mol. The van der Waals surface area contributed by atoms with E-state index in [4.69, 9.17) is 15.6 Å². The molecule has 1 atom stereocenters. The number of rotatable bonds is 3. The van der Waals surface area contributed by atoms with Crippen LogP contribution in [0.1, 0.15) is 50.8 Å². The van der Waals surface area contributed by atoms with Crippen LogP contribution in [-0.4, -0.2) is 39.5 Å². The van der Waals surface area contributed by atoms with E-state index in [1.165, 1.54) is 0 Å². The molecule has 0 saturated carbocycles. The van der Waals surface area contributed by atoms with Crippen molar-refractivity contribution in [3.8, 4) is 5.69 Å². The van der Waals surface area contributed by atoms with E-state index in [1.54, 1.807) is 4.90 Å². The first-order valence-corrected chi connectivity index (χ1v) is 9.18. The number of hydrogen-bond acceptors (Lipinski definition) is 4. The van der Waals surface area contributed by atoms with Gasteiger partial charge in [0, 0.05) is 31.7 Å². The molecule has 1 saturated heterocycles. The topological polar surface area (TPSA) is 73.4 Å². The maximum Gasteiger partial charge on any atom is 0.410 e. The number of aromatic nitrogens is 2. The van der Waals surface area contributed by atoms with Crippen LogP contribution in [0.15, 0.2) is 36.5 Å². The van der Waals surface area contributed by atoms with Gasteiger partial charge in [-0.3, -0.25) is 0 Å². The van der Waals surface area contributed by atoms with E-state index in [2.05, 4.69) is 0 Å². The van der Waals surface area contributed by atoms with Crippen LogP contribution in [-0.2, 0) is 11.3 Å². The van der Waals surface area contributed by atoms with E-state index in [-0.39, 0.29) is 12.0 Å². The normalized spacial score (nSPS) is 18.0. The van der Waals surface area contributed by atoms with Crippen molar-refractivity contribution in [1.82, 2.24) is 14.7 Å². The third-order valence-electron chi connectivity index (χ3n) is 4.54. The Morgan fingerprint density at radius 1 is 1.27 bits per heavy atom. The molecule has 140 valence electrons. The second kappa shape index (κ2) is 7.50. The van der Waals surface area contributed by atoms with Gasteiger partial charge >= 0.3 is 6.09 Å². The lowest BCUT2D eigenvalue weighted by Gasteiger charge is -2.33. The van der Waals surface area contributed by atoms with Gasteiger partial charge in [-0.25, -0.2) is 9.48 Å². The van der Waals surface area contributed by atoms with Crippen molar-refractivity contribution in [2.45, 2.75) is 51.7 Å². The second-order valence-electron chi connectivity index (χ2n) is 7.82. The highest BCUT2D eigenvalue weighted by atomic mass is 16.6. The molecule has 0 aliphatic carbocycles. The Balaban J connectivity index is 1.69. The van der Waals surface area contributed by atoms with E-state index in [1.807, 2.05) is 62.0 Å². The van der Waals surface area contributed by atoms with Crippen molar-refractivity contribution >= 4 is 6.09 Å². The van der Waals surface area contributed by atoms with Gasteiger partial charge in [0.25, 0.3) is 0 Å². The Hall–Kier alpha value is -2.34. The van der Waals surface area contributed by atoms with Gasteiger partial charge in [-0.1, -0.05) is 12.1 Å². The quantitative estimate of drug-likeness (QED) is 0.914. The number of carbonyl (C=O) groups is 1. The molecule has 3 rings (SSSR count). The molecule has 2 aromatic rings. The molecule has 1 aromatic carbocycles. The molecule has 26 heavy (non-hydrogen) atoms. The minimum atomic E-state index is -0.471. The number of amides is 1. The van der Waals surface area contributed by atoms with Crippen LogP contribution >= 0.6 is 0 Å². The van der Waals surface area contributed by atoms with Crippen molar-refractivity contribution in [3.63, 3.8) is 0 Å². The summed E-state index contributed by atoms with van der Waals surface area (Å²) in [6.07, 6.45) is 3.72. The minimum Gasteiger partial charge on any atom is -0.444 e. The van der Waals surface area contributed by atoms with Crippen LogP contribution in [0.4, 0.5) is 4.79 Å². The third kappa shape index (κ3) is 4.43. The fourth-order valence-electron chi connectivity index (χ4n) is 3.20. The molecule has 1 amide bonds. The Labute approximate surface area is 154 Å². The second-order valence-corrected chi connectivity index (χ2v) is 7.82. The number of likely N-dealkylation sites (tertiary alicyclic amines) is 1. The fraction of sp³-hybridized carbons (Fsp3) is 0.500. The highest BCUT2D eigenvalue weighted by Crippen LogP contribution is 2.27. The molecule has 2 heterocycles. The molecular weight excluding hydrogens is 328 g/mol. The van der Waals surface area contributed by atoms with Crippen molar-refractivity contribution in [3.05, 3.63) is 47.8 Å². The van der Waals surface area contributed by atoms with Crippen molar-refractivity contribution < 1.29 is 9.53 Å². The van der Waals surface area contributed by atoms with Crippen LogP contribution < -0.4 is 5.73 Å². The Kier molecular flexibility index (Phi) is 5.32. The molecule has 1 fully saturated rings. The summed E-state index contributed by atoms with van der Waals surface area (Å²) >= 11 is 0. The third-order valence-corrected chi connectivity index (χ3v) is 4.54. The predicted molar refractivity (Wildman–Crippen MR) is 101 cm³/mol. The summed E-state index contributed by atoms with van der Waals surface area (Å²) in [7, 11) is 0. The van der Waals surface area contributed by atoms with Crippen LogP contribution in [0.5, 0.6) is 0 Å². The largest absolute Gasteiger partial charge is 0.444 e. The minimum absolute atomic E-state index is 0.237. The van der Waals surface area contributed by atoms with Gasteiger partial charge in [0.1, 0.15) is 5.60 Å². The molecule has 1 aliphatic heterocycles. The van der Waals surface area contributed by atoms with Gasteiger partial charge in [0.15, 0.2) is 0 Å². The number of ether oxygens (including phenoxy) is 1. The zero-order chi connectivity index (χ0) is 18.7. The molecule has 2 N–H and O–H groups in total. The fourth-order valence-corrected chi connectivity index (χ4v) is 3.20. The zero-order valence-electron chi connectivity index (χ0n) is 15.8. The predicted octanol–water partition coefficient (Wildman–Crippen LogP) is 3.45. The van der Waals surface area contributed by atoms with E-state index >= 15 is 0 Å².